The highest BCUT2D eigenvalue weighted by molar-refractivity contribution is 6.04. The predicted octanol–water partition coefficient (Wildman–Crippen LogP) is 4.81. The second-order valence-electron chi connectivity index (χ2n) is 5.91. The van der Waals surface area contributed by atoms with E-state index in [4.69, 9.17) is 0 Å². The van der Waals surface area contributed by atoms with Crippen LogP contribution in [0.3, 0.4) is 0 Å². The molecule has 1 atom stereocenters. The van der Waals surface area contributed by atoms with Gasteiger partial charge in [0.05, 0.1) is 0 Å². The van der Waals surface area contributed by atoms with E-state index in [0.717, 1.165) is 18.4 Å². The summed E-state index contributed by atoms with van der Waals surface area (Å²) in [4.78, 5) is 11.9. The molecule has 100 valence electrons. The topological polar surface area (TPSA) is 17.1 Å². The van der Waals surface area contributed by atoms with Crippen LogP contribution in [0.25, 0.3) is 0 Å². The zero-order chi connectivity index (χ0) is 13.9. The maximum absolute atomic E-state index is 11.9. The molecule has 0 N–H and O–H groups in total. The van der Waals surface area contributed by atoms with Gasteiger partial charge in [-0.05, 0) is 37.2 Å². The number of benzene rings is 1. The second-order valence-corrected chi connectivity index (χ2v) is 5.91. The largest absolute Gasteiger partial charge is 0.289 e. The Balaban J connectivity index is 1.93. The summed E-state index contributed by atoms with van der Waals surface area (Å²) < 4.78 is 0. The number of hydrogen-bond acceptors (Lipinski definition) is 1. The number of carbonyl (C=O) groups is 1. The van der Waals surface area contributed by atoms with Crippen molar-refractivity contribution in [2.24, 2.45) is 11.3 Å². The molecule has 1 aromatic carbocycles. The van der Waals surface area contributed by atoms with Crippen LogP contribution in [0.5, 0.6) is 0 Å². The molecule has 1 nitrogen and oxygen atoms in total. The summed E-state index contributed by atoms with van der Waals surface area (Å²) in [5, 5.41) is 0. The summed E-state index contributed by atoms with van der Waals surface area (Å²) in [6.07, 6.45) is 8.19. The Morgan fingerprint density at radius 1 is 1.32 bits per heavy atom. The highest BCUT2D eigenvalue weighted by atomic mass is 16.1. The van der Waals surface area contributed by atoms with Crippen molar-refractivity contribution in [1.82, 2.24) is 0 Å². The lowest BCUT2D eigenvalue weighted by atomic mass is 9.76. The fourth-order valence-corrected chi connectivity index (χ4v) is 2.63. The second kappa shape index (κ2) is 5.56. The molecule has 1 heteroatoms. The molecule has 1 unspecified atom stereocenters. The molecule has 1 aliphatic carbocycles. The molecule has 0 amide bonds. The van der Waals surface area contributed by atoms with Crippen molar-refractivity contribution in [3.05, 3.63) is 59.7 Å². The van der Waals surface area contributed by atoms with Gasteiger partial charge in [0, 0.05) is 5.56 Å². The summed E-state index contributed by atoms with van der Waals surface area (Å²) in [5.74, 6) is 0.716. The van der Waals surface area contributed by atoms with Gasteiger partial charge in [0.2, 0.25) is 0 Å². The lowest BCUT2D eigenvalue weighted by Gasteiger charge is -2.28. The van der Waals surface area contributed by atoms with Crippen LogP contribution in [0.15, 0.2) is 54.1 Å². The van der Waals surface area contributed by atoms with Crippen LogP contribution in [0.1, 0.15) is 44.0 Å². The van der Waals surface area contributed by atoms with Gasteiger partial charge in [0.15, 0.2) is 5.78 Å². The van der Waals surface area contributed by atoms with Crippen molar-refractivity contribution in [3.63, 3.8) is 0 Å². The van der Waals surface area contributed by atoms with Crippen molar-refractivity contribution in [2.75, 3.05) is 0 Å². The Morgan fingerprint density at radius 3 is 2.58 bits per heavy atom. The molecule has 1 aliphatic rings. The Kier molecular flexibility index (Phi) is 4.04. The van der Waals surface area contributed by atoms with Crippen molar-refractivity contribution in [1.29, 1.82) is 0 Å². The van der Waals surface area contributed by atoms with Crippen LogP contribution in [0.2, 0.25) is 0 Å². The maximum atomic E-state index is 11.9. The normalized spacial score (nSPS) is 21.6. The van der Waals surface area contributed by atoms with E-state index >= 15 is 0 Å². The van der Waals surface area contributed by atoms with Crippen LogP contribution >= 0.6 is 0 Å². The van der Waals surface area contributed by atoms with E-state index in [1.165, 1.54) is 5.57 Å². The number of carbonyl (C=O) groups excluding carboxylic acids is 1. The maximum Gasteiger partial charge on any atom is 0.185 e. The molecular weight excluding hydrogens is 232 g/mol. The number of ketones is 1. The van der Waals surface area contributed by atoms with Crippen molar-refractivity contribution >= 4 is 5.78 Å². The molecule has 1 aromatic rings. The first-order valence-electron chi connectivity index (χ1n) is 6.95. The summed E-state index contributed by atoms with van der Waals surface area (Å²) in [6.45, 7) is 6.80. The molecule has 0 aromatic heterocycles. The lowest BCUT2D eigenvalue weighted by Crippen LogP contribution is -2.19. The van der Waals surface area contributed by atoms with Gasteiger partial charge in [-0.25, -0.2) is 0 Å². The van der Waals surface area contributed by atoms with Crippen molar-refractivity contribution < 1.29 is 4.79 Å². The molecule has 0 bridgehead atoms. The average molecular weight is 254 g/mol. The Labute approximate surface area is 116 Å². The third kappa shape index (κ3) is 3.04. The van der Waals surface area contributed by atoms with Crippen LogP contribution in [-0.4, -0.2) is 5.78 Å². The van der Waals surface area contributed by atoms with E-state index in [0.29, 0.717) is 5.92 Å². The highest BCUT2D eigenvalue weighted by Crippen LogP contribution is 2.44. The lowest BCUT2D eigenvalue weighted by molar-refractivity contribution is 0.104. The fraction of sp³-hybridized carbons (Fsp3) is 0.389. The number of rotatable bonds is 4. The molecule has 0 radical (unpaired) electrons. The summed E-state index contributed by atoms with van der Waals surface area (Å²) in [7, 11) is 0. The van der Waals surface area contributed by atoms with E-state index in [1.807, 2.05) is 36.4 Å². The average Bonchev–Trinajstić information content (AvgIpc) is 2.66. The van der Waals surface area contributed by atoms with Crippen LogP contribution in [-0.2, 0) is 0 Å². The highest BCUT2D eigenvalue weighted by Gasteiger charge is 2.33. The first-order chi connectivity index (χ1) is 9.01. The van der Waals surface area contributed by atoms with Gasteiger partial charge in [0.1, 0.15) is 0 Å². The monoisotopic (exact) mass is 254 g/mol. The standard InChI is InChI=1S/C18H22O/c1-14-12-13-16(18(14,2)3)10-7-11-17(19)15-8-5-4-6-9-15/h4-9,11-12,16H,10,13H2,1-3H3/b11-7+. The predicted molar refractivity (Wildman–Crippen MR) is 80.2 cm³/mol. The van der Waals surface area contributed by atoms with Crippen molar-refractivity contribution in [3.8, 4) is 0 Å². The van der Waals surface area contributed by atoms with Gasteiger partial charge in [-0.1, -0.05) is 61.9 Å². The van der Waals surface area contributed by atoms with Crippen LogP contribution < -0.4 is 0 Å². The molecule has 0 saturated heterocycles. The Morgan fingerprint density at radius 2 is 2.00 bits per heavy atom. The zero-order valence-electron chi connectivity index (χ0n) is 12.0. The smallest absolute Gasteiger partial charge is 0.185 e. The minimum atomic E-state index is 0.0982. The van der Waals surface area contributed by atoms with Gasteiger partial charge >= 0.3 is 0 Å². The quantitative estimate of drug-likeness (QED) is 0.428. The molecule has 0 saturated carbocycles. The summed E-state index contributed by atoms with van der Waals surface area (Å²) in [6, 6.07) is 9.44. The first kappa shape index (κ1) is 13.8. The van der Waals surface area contributed by atoms with Gasteiger partial charge < -0.3 is 0 Å². The van der Waals surface area contributed by atoms with E-state index in [9.17, 15) is 4.79 Å². The van der Waals surface area contributed by atoms with Gasteiger partial charge in [-0.3, -0.25) is 4.79 Å². The molecule has 0 heterocycles. The third-order valence-corrected chi connectivity index (χ3v) is 4.49. The molecular formula is C18H22O. The van der Waals surface area contributed by atoms with E-state index in [-0.39, 0.29) is 11.2 Å². The molecule has 19 heavy (non-hydrogen) atoms. The summed E-state index contributed by atoms with van der Waals surface area (Å²) in [5.41, 5.74) is 2.50. The Hall–Kier alpha value is -1.63. The molecule has 0 spiro atoms. The SMILES string of the molecule is CC1=CCC(C/C=C/C(=O)c2ccccc2)C1(C)C. The van der Waals surface area contributed by atoms with E-state index < -0.39 is 0 Å². The van der Waals surface area contributed by atoms with Crippen LogP contribution in [0.4, 0.5) is 0 Å². The minimum absolute atomic E-state index is 0.0982. The van der Waals surface area contributed by atoms with Gasteiger partial charge in [-0.15, -0.1) is 0 Å². The molecule has 0 fully saturated rings. The van der Waals surface area contributed by atoms with E-state index in [2.05, 4.69) is 26.8 Å². The number of allylic oxidation sites excluding steroid dienone is 4. The molecule has 0 aliphatic heterocycles. The zero-order valence-corrected chi connectivity index (χ0v) is 12.0. The van der Waals surface area contributed by atoms with Crippen molar-refractivity contribution in [2.45, 2.75) is 33.6 Å². The fourth-order valence-electron chi connectivity index (χ4n) is 2.63. The number of hydrogen-bond donors (Lipinski definition) is 0. The van der Waals surface area contributed by atoms with E-state index in [1.54, 1.807) is 6.08 Å². The Bertz CT molecular complexity index is 506. The molecule has 2 rings (SSSR count). The van der Waals surface area contributed by atoms with Gasteiger partial charge in [-0.2, -0.15) is 0 Å². The third-order valence-electron chi connectivity index (χ3n) is 4.49. The minimum Gasteiger partial charge on any atom is -0.289 e. The van der Waals surface area contributed by atoms with Gasteiger partial charge in [0.25, 0.3) is 0 Å². The van der Waals surface area contributed by atoms with Crippen LogP contribution in [0, 0.1) is 11.3 Å². The first-order valence-corrected chi connectivity index (χ1v) is 6.95. The summed E-state index contributed by atoms with van der Waals surface area (Å²) >= 11 is 0.